The van der Waals surface area contributed by atoms with E-state index < -0.39 is 41.2 Å². The maximum atomic E-state index is 13.7. The number of carboxylic acid groups (broad SMARTS) is 1. The average molecular weight is 467 g/mol. The molecule has 0 saturated heterocycles. The molecule has 3 atom stereocenters. The van der Waals surface area contributed by atoms with Crippen molar-refractivity contribution in [2.75, 3.05) is 0 Å². The number of carboxylic acids is 1. The molecule has 0 heterocycles. The SMILES string of the molecule is N[C@@H](Cc1ccccc1)C(=O)C1(CC(NC(=O)OCc2ccccc2)C(=O)O)C=CC(F)=CC1. The minimum Gasteiger partial charge on any atom is -0.480 e. The van der Waals surface area contributed by atoms with Crippen LogP contribution < -0.4 is 11.1 Å². The summed E-state index contributed by atoms with van der Waals surface area (Å²) < 4.78 is 18.9. The van der Waals surface area contributed by atoms with Crippen molar-refractivity contribution < 1.29 is 28.6 Å². The van der Waals surface area contributed by atoms with Crippen molar-refractivity contribution in [2.45, 2.75) is 38.0 Å². The molecule has 0 aromatic heterocycles. The lowest BCUT2D eigenvalue weighted by molar-refractivity contribution is -0.140. The second-order valence-electron chi connectivity index (χ2n) is 8.24. The zero-order chi connectivity index (χ0) is 24.6. The summed E-state index contributed by atoms with van der Waals surface area (Å²) >= 11 is 0. The molecule has 1 amide bonds. The Hall–Kier alpha value is -3.78. The number of ketones is 1. The molecule has 8 heteroatoms. The molecule has 1 aliphatic carbocycles. The van der Waals surface area contributed by atoms with Crippen LogP contribution in [0.1, 0.15) is 24.0 Å². The Kier molecular flexibility index (Phi) is 8.32. The summed E-state index contributed by atoms with van der Waals surface area (Å²) in [6.07, 6.45) is 2.64. The standard InChI is InChI=1S/C26H27FN2O5/c27-20-11-13-26(14-12-20,23(30)21(28)15-18-7-3-1-4-8-18)16-22(24(31)32)29-25(33)34-17-19-9-5-2-6-10-19/h1-13,21-22H,14-17,28H2,(H,29,33)(H,31,32)/t21-,22?,26?/m0/s1. The van der Waals surface area contributed by atoms with Gasteiger partial charge in [0.25, 0.3) is 0 Å². The Morgan fingerprint density at radius 1 is 1.06 bits per heavy atom. The highest BCUT2D eigenvalue weighted by molar-refractivity contribution is 5.93. The van der Waals surface area contributed by atoms with Crippen LogP contribution in [-0.2, 0) is 27.4 Å². The van der Waals surface area contributed by atoms with Crippen molar-refractivity contribution in [1.29, 1.82) is 0 Å². The normalized spacial score (nSPS) is 18.9. The van der Waals surface area contributed by atoms with Crippen LogP contribution in [-0.4, -0.2) is 35.0 Å². The fraction of sp³-hybridized carbons (Fsp3) is 0.269. The Bertz CT molecular complexity index is 1070. The zero-order valence-corrected chi connectivity index (χ0v) is 18.5. The molecule has 0 spiro atoms. The highest BCUT2D eigenvalue weighted by Crippen LogP contribution is 2.37. The summed E-state index contributed by atoms with van der Waals surface area (Å²) in [4.78, 5) is 37.6. The summed E-state index contributed by atoms with van der Waals surface area (Å²) in [5.74, 6) is -2.30. The third-order valence-corrected chi connectivity index (χ3v) is 5.72. The molecule has 34 heavy (non-hydrogen) atoms. The zero-order valence-electron chi connectivity index (χ0n) is 18.5. The molecule has 0 aliphatic heterocycles. The molecule has 3 rings (SSSR count). The molecule has 1 aliphatic rings. The van der Waals surface area contributed by atoms with E-state index in [1.54, 1.807) is 24.3 Å². The lowest BCUT2D eigenvalue weighted by atomic mass is 9.70. The number of nitrogens with one attached hydrogen (secondary N) is 1. The highest BCUT2D eigenvalue weighted by Gasteiger charge is 2.43. The van der Waals surface area contributed by atoms with E-state index in [9.17, 15) is 23.9 Å². The molecule has 7 nitrogen and oxygen atoms in total. The van der Waals surface area contributed by atoms with Crippen molar-refractivity contribution in [3.8, 4) is 0 Å². The van der Waals surface area contributed by atoms with E-state index in [1.807, 2.05) is 36.4 Å². The quantitative estimate of drug-likeness (QED) is 0.491. The molecule has 0 radical (unpaired) electrons. The smallest absolute Gasteiger partial charge is 0.408 e. The van der Waals surface area contributed by atoms with E-state index in [4.69, 9.17) is 10.5 Å². The number of allylic oxidation sites excluding steroid dienone is 4. The number of carbonyl (C=O) groups excluding carboxylic acids is 2. The van der Waals surface area contributed by atoms with Crippen LogP contribution in [0.2, 0.25) is 0 Å². The molecule has 2 unspecified atom stereocenters. The minimum atomic E-state index is -1.45. The van der Waals surface area contributed by atoms with Gasteiger partial charge >= 0.3 is 12.1 Å². The van der Waals surface area contributed by atoms with Gasteiger partial charge in [-0.2, -0.15) is 0 Å². The molecule has 0 saturated carbocycles. The highest BCUT2D eigenvalue weighted by atomic mass is 19.1. The number of rotatable bonds is 10. The minimum absolute atomic E-state index is 0.0428. The Morgan fingerprint density at radius 3 is 2.24 bits per heavy atom. The van der Waals surface area contributed by atoms with Gasteiger partial charge < -0.3 is 20.9 Å². The van der Waals surface area contributed by atoms with Crippen molar-refractivity contribution in [3.05, 3.63) is 95.8 Å². The third-order valence-electron chi connectivity index (χ3n) is 5.72. The molecule has 0 bridgehead atoms. The molecular weight excluding hydrogens is 439 g/mol. The van der Waals surface area contributed by atoms with Gasteiger partial charge in [-0.3, -0.25) is 4.79 Å². The predicted molar refractivity (Wildman–Crippen MR) is 124 cm³/mol. The van der Waals surface area contributed by atoms with Gasteiger partial charge in [0.2, 0.25) is 0 Å². The summed E-state index contributed by atoms with van der Waals surface area (Å²) in [7, 11) is 0. The first-order valence-corrected chi connectivity index (χ1v) is 10.9. The summed E-state index contributed by atoms with van der Waals surface area (Å²) in [5, 5.41) is 12.0. The number of aliphatic carboxylic acids is 1. The first kappa shape index (κ1) is 24.9. The maximum absolute atomic E-state index is 13.7. The average Bonchev–Trinajstić information content (AvgIpc) is 2.84. The number of amides is 1. The van der Waals surface area contributed by atoms with Crippen LogP contribution in [0.5, 0.6) is 0 Å². The first-order chi connectivity index (χ1) is 16.3. The maximum Gasteiger partial charge on any atom is 0.408 e. The first-order valence-electron chi connectivity index (χ1n) is 10.9. The Balaban J connectivity index is 1.73. The van der Waals surface area contributed by atoms with Crippen molar-refractivity contribution in [1.82, 2.24) is 5.32 Å². The number of carbonyl (C=O) groups is 3. The summed E-state index contributed by atoms with van der Waals surface area (Å²) in [6.45, 7) is -0.0428. The van der Waals surface area contributed by atoms with E-state index >= 15 is 0 Å². The van der Waals surface area contributed by atoms with Crippen LogP contribution in [0.25, 0.3) is 0 Å². The largest absolute Gasteiger partial charge is 0.480 e. The third kappa shape index (κ3) is 6.62. The van der Waals surface area contributed by atoms with Gasteiger partial charge in [0, 0.05) is 0 Å². The monoisotopic (exact) mass is 466 g/mol. The van der Waals surface area contributed by atoms with Gasteiger partial charge in [0.1, 0.15) is 18.5 Å². The van der Waals surface area contributed by atoms with Gasteiger partial charge in [0.05, 0.1) is 11.5 Å². The number of hydrogen-bond donors (Lipinski definition) is 3. The van der Waals surface area contributed by atoms with E-state index in [-0.39, 0.29) is 25.9 Å². The van der Waals surface area contributed by atoms with Crippen molar-refractivity contribution >= 4 is 17.8 Å². The number of alkyl carbamates (subject to hydrolysis) is 1. The number of hydrogen-bond acceptors (Lipinski definition) is 5. The summed E-state index contributed by atoms with van der Waals surface area (Å²) in [6, 6.07) is 15.7. The van der Waals surface area contributed by atoms with Crippen LogP contribution in [0, 0.1) is 5.41 Å². The molecule has 4 N–H and O–H groups in total. The number of Topliss-reactive ketones (excluding diaryl/α,β-unsaturated/α-hetero) is 1. The molecule has 178 valence electrons. The van der Waals surface area contributed by atoms with Crippen LogP contribution >= 0.6 is 0 Å². The van der Waals surface area contributed by atoms with E-state index in [0.717, 1.165) is 17.2 Å². The van der Waals surface area contributed by atoms with Gasteiger partial charge in [0.15, 0.2) is 5.78 Å². The van der Waals surface area contributed by atoms with Gasteiger partial charge in [-0.25, -0.2) is 14.0 Å². The summed E-state index contributed by atoms with van der Waals surface area (Å²) in [5.41, 5.74) is 6.40. The number of nitrogens with two attached hydrogens (primary N) is 1. The predicted octanol–water partition coefficient (Wildman–Crippen LogP) is 3.69. The molecule has 2 aromatic rings. The molecule has 0 fully saturated rings. The second-order valence-corrected chi connectivity index (χ2v) is 8.24. The van der Waals surface area contributed by atoms with E-state index in [0.29, 0.717) is 0 Å². The fourth-order valence-electron chi connectivity index (χ4n) is 3.89. The van der Waals surface area contributed by atoms with E-state index in [2.05, 4.69) is 5.32 Å². The van der Waals surface area contributed by atoms with Crippen LogP contribution in [0.3, 0.4) is 0 Å². The van der Waals surface area contributed by atoms with Crippen molar-refractivity contribution in [2.24, 2.45) is 11.1 Å². The Labute approximate surface area is 197 Å². The lowest BCUT2D eigenvalue weighted by Gasteiger charge is -2.34. The van der Waals surface area contributed by atoms with Crippen LogP contribution in [0.15, 0.2) is 84.7 Å². The fourth-order valence-corrected chi connectivity index (χ4v) is 3.89. The number of benzene rings is 2. The van der Waals surface area contributed by atoms with Gasteiger partial charge in [-0.1, -0.05) is 66.7 Å². The topological polar surface area (TPSA) is 119 Å². The lowest BCUT2D eigenvalue weighted by Crippen LogP contribution is -2.50. The molecular formula is C26H27FN2O5. The van der Waals surface area contributed by atoms with E-state index in [1.165, 1.54) is 12.2 Å². The Morgan fingerprint density at radius 2 is 1.68 bits per heavy atom. The van der Waals surface area contributed by atoms with Crippen molar-refractivity contribution in [3.63, 3.8) is 0 Å². The second kappa shape index (κ2) is 11.4. The van der Waals surface area contributed by atoms with Crippen LogP contribution in [0.4, 0.5) is 9.18 Å². The number of halogens is 1. The number of ether oxygens (including phenoxy) is 1. The molecule has 2 aromatic carbocycles. The van der Waals surface area contributed by atoms with Gasteiger partial charge in [-0.15, -0.1) is 0 Å². The van der Waals surface area contributed by atoms with Gasteiger partial charge in [-0.05, 0) is 42.5 Å².